The summed E-state index contributed by atoms with van der Waals surface area (Å²) in [7, 11) is 0. The first-order chi connectivity index (χ1) is 6.66. The van der Waals surface area contributed by atoms with Crippen LogP contribution < -0.4 is 0 Å². The van der Waals surface area contributed by atoms with Crippen molar-refractivity contribution in [3.05, 3.63) is 33.6 Å². The number of hydrogen-bond donors (Lipinski definition) is 0. The van der Waals surface area contributed by atoms with Crippen molar-refractivity contribution in [2.45, 2.75) is 26.2 Å². The van der Waals surface area contributed by atoms with Gasteiger partial charge in [-0.05, 0) is 30.7 Å². The zero-order valence-corrected chi connectivity index (χ0v) is 8.06. The molecule has 0 N–H and O–H groups in total. The van der Waals surface area contributed by atoms with Crippen molar-refractivity contribution in [3.63, 3.8) is 0 Å². The second kappa shape index (κ2) is 3.36. The van der Waals surface area contributed by atoms with Gasteiger partial charge in [-0.2, -0.15) is 0 Å². The summed E-state index contributed by atoms with van der Waals surface area (Å²) >= 11 is 0. The molecule has 0 saturated heterocycles. The second-order valence-corrected chi connectivity index (χ2v) is 3.90. The van der Waals surface area contributed by atoms with Crippen molar-refractivity contribution in [2.75, 3.05) is 0 Å². The maximum atomic E-state index is 10.5. The number of nitro groups is 1. The molecule has 1 aromatic heterocycles. The molecular formula is C10H12N2O2. The number of rotatable bonds is 1. The molecule has 1 aliphatic carbocycles. The van der Waals surface area contributed by atoms with Gasteiger partial charge in [-0.15, -0.1) is 0 Å². The summed E-state index contributed by atoms with van der Waals surface area (Å²) in [5, 5.41) is 10.5. The molecule has 74 valence electrons. The van der Waals surface area contributed by atoms with E-state index in [0.717, 1.165) is 30.5 Å². The molecule has 0 aromatic carbocycles. The van der Waals surface area contributed by atoms with Crippen LogP contribution in [0.15, 0.2) is 12.3 Å². The van der Waals surface area contributed by atoms with Crippen molar-refractivity contribution >= 4 is 5.69 Å². The number of nitrogens with zero attached hydrogens (tertiary/aromatic N) is 2. The number of aryl methyl sites for hydroxylation is 1. The summed E-state index contributed by atoms with van der Waals surface area (Å²) in [6.45, 7) is 2.19. The molecular weight excluding hydrogens is 180 g/mol. The molecule has 0 bridgehead atoms. The SMILES string of the molecule is C[C@@H]1CCc2cc([N+](=O)[O-])cnc2C1. The summed E-state index contributed by atoms with van der Waals surface area (Å²) in [5.41, 5.74) is 2.20. The van der Waals surface area contributed by atoms with Crippen LogP contribution in [0.3, 0.4) is 0 Å². The van der Waals surface area contributed by atoms with E-state index < -0.39 is 0 Å². The molecule has 14 heavy (non-hydrogen) atoms. The molecule has 0 radical (unpaired) electrons. The summed E-state index contributed by atoms with van der Waals surface area (Å²) < 4.78 is 0. The van der Waals surface area contributed by atoms with Gasteiger partial charge >= 0.3 is 0 Å². The summed E-state index contributed by atoms with van der Waals surface area (Å²) in [6, 6.07) is 1.66. The average Bonchev–Trinajstić information content (AvgIpc) is 2.16. The maximum Gasteiger partial charge on any atom is 0.287 e. The Bertz CT molecular complexity index is 376. The minimum atomic E-state index is -0.384. The van der Waals surface area contributed by atoms with Gasteiger partial charge in [0.2, 0.25) is 0 Å². The standard InChI is InChI=1S/C10H12N2O2/c1-7-2-3-8-5-9(12(13)14)6-11-10(8)4-7/h5-7H,2-4H2,1H3/t7-/m1/s1. The van der Waals surface area contributed by atoms with E-state index >= 15 is 0 Å². The fraction of sp³-hybridized carbons (Fsp3) is 0.500. The predicted octanol–water partition coefficient (Wildman–Crippen LogP) is 2.11. The molecule has 2 rings (SSSR count). The van der Waals surface area contributed by atoms with Gasteiger partial charge < -0.3 is 0 Å². The lowest BCUT2D eigenvalue weighted by molar-refractivity contribution is -0.385. The van der Waals surface area contributed by atoms with Gasteiger partial charge in [-0.25, -0.2) is 0 Å². The topological polar surface area (TPSA) is 56.0 Å². The smallest absolute Gasteiger partial charge is 0.258 e. The highest BCUT2D eigenvalue weighted by Gasteiger charge is 2.18. The van der Waals surface area contributed by atoms with Crippen LogP contribution >= 0.6 is 0 Å². The fourth-order valence-corrected chi connectivity index (χ4v) is 1.86. The summed E-state index contributed by atoms with van der Waals surface area (Å²) in [4.78, 5) is 14.3. The van der Waals surface area contributed by atoms with E-state index in [1.165, 1.54) is 6.20 Å². The molecule has 0 saturated carbocycles. The van der Waals surface area contributed by atoms with Gasteiger partial charge in [0.25, 0.3) is 5.69 Å². The van der Waals surface area contributed by atoms with E-state index in [2.05, 4.69) is 11.9 Å². The lowest BCUT2D eigenvalue weighted by Gasteiger charge is -2.19. The van der Waals surface area contributed by atoms with Crippen LogP contribution in [0, 0.1) is 16.0 Å². The normalized spacial score (nSPS) is 20.2. The molecule has 0 fully saturated rings. The van der Waals surface area contributed by atoms with Crippen LogP contribution in [0.2, 0.25) is 0 Å². The largest absolute Gasteiger partial charge is 0.287 e. The van der Waals surface area contributed by atoms with Gasteiger partial charge in [0.15, 0.2) is 0 Å². The quantitative estimate of drug-likeness (QED) is 0.505. The number of aromatic nitrogens is 1. The number of hydrogen-bond acceptors (Lipinski definition) is 3. The van der Waals surface area contributed by atoms with Gasteiger partial charge in [0.1, 0.15) is 6.20 Å². The second-order valence-electron chi connectivity index (χ2n) is 3.90. The summed E-state index contributed by atoms with van der Waals surface area (Å²) in [5.74, 6) is 0.649. The zero-order chi connectivity index (χ0) is 10.1. The van der Waals surface area contributed by atoms with Crippen LogP contribution in [-0.2, 0) is 12.8 Å². The van der Waals surface area contributed by atoms with E-state index in [9.17, 15) is 10.1 Å². The predicted molar refractivity (Wildman–Crippen MR) is 52.1 cm³/mol. The first kappa shape index (κ1) is 9.12. The lowest BCUT2D eigenvalue weighted by Crippen LogP contribution is -2.13. The van der Waals surface area contributed by atoms with Crippen molar-refractivity contribution in [1.29, 1.82) is 0 Å². The minimum Gasteiger partial charge on any atom is -0.258 e. The van der Waals surface area contributed by atoms with Crippen LogP contribution in [-0.4, -0.2) is 9.91 Å². The third-order valence-electron chi connectivity index (χ3n) is 2.70. The number of pyridine rings is 1. The Morgan fingerprint density at radius 1 is 1.64 bits per heavy atom. The van der Waals surface area contributed by atoms with E-state index in [4.69, 9.17) is 0 Å². The third kappa shape index (κ3) is 1.60. The van der Waals surface area contributed by atoms with Crippen LogP contribution in [0.5, 0.6) is 0 Å². The van der Waals surface area contributed by atoms with E-state index in [1.54, 1.807) is 6.07 Å². The molecule has 1 aromatic rings. The fourth-order valence-electron chi connectivity index (χ4n) is 1.86. The average molecular weight is 192 g/mol. The first-order valence-electron chi connectivity index (χ1n) is 4.79. The lowest BCUT2D eigenvalue weighted by atomic mass is 9.88. The molecule has 1 aliphatic rings. The molecule has 0 spiro atoms. The summed E-state index contributed by atoms with van der Waals surface area (Å²) in [6.07, 6.45) is 4.34. The number of fused-ring (bicyclic) bond motifs is 1. The third-order valence-corrected chi connectivity index (χ3v) is 2.70. The van der Waals surface area contributed by atoms with Crippen LogP contribution in [0.25, 0.3) is 0 Å². The Labute approximate surface area is 82.1 Å². The van der Waals surface area contributed by atoms with Crippen molar-refractivity contribution in [3.8, 4) is 0 Å². The molecule has 4 heteroatoms. The van der Waals surface area contributed by atoms with Crippen molar-refractivity contribution in [2.24, 2.45) is 5.92 Å². The Kier molecular flexibility index (Phi) is 2.19. The molecule has 1 heterocycles. The van der Waals surface area contributed by atoms with Crippen molar-refractivity contribution in [1.82, 2.24) is 4.98 Å². The molecule has 0 amide bonds. The minimum absolute atomic E-state index is 0.110. The van der Waals surface area contributed by atoms with Crippen LogP contribution in [0.1, 0.15) is 24.6 Å². The molecule has 1 atom stereocenters. The zero-order valence-electron chi connectivity index (χ0n) is 8.06. The highest BCUT2D eigenvalue weighted by molar-refractivity contribution is 5.35. The Morgan fingerprint density at radius 2 is 2.43 bits per heavy atom. The van der Waals surface area contributed by atoms with Gasteiger partial charge in [0, 0.05) is 11.8 Å². The molecule has 0 aliphatic heterocycles. The van der Waals surface area contributed by atoms with Crippen molar-refractivity contribution < 1.29 is 4.92 Å². The highest BCUT2D eigenvalue weighted by Crippen LogP contribution is 2.26. The first-order valence-corrected chi connectivity index (χ1v) is 4.79. The van der Waals surface area contributed by atoms with Gasteiger partial charge in [0.05, 0.1) is 4.92 Å². The van der Waals surface area contributed by atoms with E-state index in [-0.39, 0.29) is 10.6 Å². The maximum absolute atomic E-state index is 10.5. The molecule has 4 nitrogen and oxygen atoms in total. The van der Waals surface area contributed by atoms with Gasteiger partial charge in [-0.3, -0.25) is 15.1 Å². The van der Waals surface area contributed by atoms with Crippen LogP contribution in [0.4, 0.5) is 5.69 Å². The van der Waals surface area contributed by atoms with Gasteiger partial charge in [-0.1, -0.05) is 6.92 Å². The Hall–Kier alpha value is -1.45. The Balaban J connectivity index is 2.36. The van der Waals surface area contributed by atoms with E-state index in [1.807, 2.05) is 0 Å². The Morgan fingerprint density at radius 3 is 3.14 bits per heavy atom. The monoisotopic (exact) mass is 192 g/mol. The molecule has 0 unspecified atom stereocenters. The highest BCUT2D eigenvalue weighted by atomic mass is 16.6. The van der Waals surface area contributed by atoms with E-state index in [0.29, 0.717) is 5.92 Å².